The van der Waals surface area contributed by atoms with Crippen LogP contribution in [0.4, 0.5) is 4.79 Å². The van der Waals surface area contributed by atoms with E-state index in [-0.39, 0.29) is 29.7 Å². The Labute approximate surface area is 215 Å². The number of hydrogen-bond donors (Lipinski definition) is 3. The molecule has 2 rings (SSSR count). The zero-order chi connectivity index (χ0) is 26.2. The molecule has 0 radical (unpaired) electrons. The number of amides is 3. The van der Waals surface area contributed by atoms with Crippen molar-refractivity contribution in [2.75, 3.05) is 5.75 Å². The Morgan fingerprint density at radius 1 is 1.26 bits per heavy atom. The van der Waals surface area contributed by atoms with Crippen molar-refractivity contribution in [3.63, 3.8) is 0 Å². The van der Waals surface area contributed by atoms with E-state index in [0.29, 0.717) is 5.56 Å². The zero-order valence-electron chi connectivity index (χ0n) is 21.7. The number of nitrogens with zero attached hydrogens (tertiary/aromatic N) is 1. The molecule has 1 saturated carbocycles. The number of alkyl carbamates (subject to hydrolysis) is 1. The van der Waals surface area contributed by atoms with Crippen LogP contribution in [0.5, 0.6) is 0 Å². The van der Waals surface area contributed by atoms with Crippen LogP contribution in [0.25, 0.3) is 6.08 Å². The highest BCUT2D eigenvalue weighted by atomic mass is 32.1. The van der Waals surface area contributed by atoms with E-state index in [1.54, 1.807) is 31.7 Å². The summed E-state index contributed by atoms with van der Waals surface area (Å²) in [6.07, 6.45) is 5.37. The molecule has 1 aliphatic carbocycles. The lowest BCUT2D eigenvalue weighted by atomic mass is 9.88. The van der Waals surface area contributed by atoms with Crippen LogP contribution in [0.15, 0.2) is 30.8 Å². The fraction of sp³-hybridized carbons (Fsp3) is 0.593. The third-order valence-electron chi connectivity index (χ3n) is 5.99. The van der Waals surface area contributed by atoms with Crippen molar-refractivity contribution in [3.8, 4) is 0 Å². The van der Waals surface area contributed by atoms with Gasteiger partial charge in [0.25, 0.3) is 0 Å². The second kappa shape index (κ2) is 13.0. The van der Waals surface area contributed by atoms with Crippen LogP contribution in [0.1, 0.15) is 83.9 Å². The molecule has 35 heavy (non-hydrogen) atoms. The summed E-state index contributed by atoms with van der Waals surface area (Å²) in [5.41, 5.74) is 0.866. The number of carbonyl (C=O) groups is 3. The topological polar surface area (TPSA) is 87.7 Å². The van der Waals surface area contributed by atoms with Crippen molar-refractivity contribution in [1.82, 2.24) is 15.5 Å². The smallest absolute Gasteiger partial charge is 0.408 e. The average molecular weight is 504 g/mol. The largest absolute Gasteiger partial charge is 0.444 e. The van der Waals surface area contributed by atoms with Crippen molar-refractivity contribution in [3.05, 3.63) is 42.0 Å². The Morgan fingerprint density at radius 2 is 1.94 bits per heavy atom. The predicted molar refractivity (Wildman–Crippen MR) is 143 cm³/mol. The predicted octanol–water partition coefficient (Wildman–Crippen LogP) is 4.88. The van der Waals surface area contributed by atoms with Gasteiger partial charge in [0.2, 0.25) is 11.8 Å². The number of carbonyl (C=O) groups excluding carboxylic acids is 3. The summed E-state index contributed by atoms with van der Waals surface area (Å²) >= 11 is 4.34. The minimum absolute atomic E-state index is 0.0310. The quantitative estimate of drug-likeness (QED) is 0.376. The van der Waals surface area contributed by atoms with Crippen molar-refractivity contribution in [2.45, 2.75) is 96.5 Å². The summed E-state index contributed by atoms with van der Waals surface area (Å²) in [5, 5.41) is 5.75. The molecular formula is C27H41N3O4S. The summed E-state index contributed by atoms with van der Waals surface area (Å²) in [5.74, 6) is -0.500. The summed E-state index contributed by atoms with van der Waals surface area (Å²) in [6, 6.07) is 5.61. The Morgan fingerprint density at radius 3 is 2.46 bits per heavy atom. The average Bonchev–Trinajstić information content (AvgIpc) is 2.74. The van der Waals surface area contributed by atoms with Gasteiger partial charge in [-0.2, -0.15) is 12.6 Å². The van der Waals surface area contributed by atoms with Crippen LogP contribution in [0.3, 0.4) is 0 Å². The standard InChI is InChI=1S/C27H41N3O4S/c1-7-11-18(3)28-24(31)23(20-13-9-12-19(8-2)16-20)30(21-14-10-15-21)25(32)22(17-35)29-26(33)34-27(4,5)6/h8-9,12-13,16,18,21-23,35H,2,7,10-11,14-15,17H2,1,3-6H3,(H,28,31)(H,29,33). The second-order valence-electron chi connectivity index (χ2n) is 10.2. The van der Waals surface area contributed by atoms with Gasteiger partial charge in [0, 0.05) is 17.8 Å². The molecule has 0 aromatic heterocycles. The molecule has 3 unspecified atom stereocenters. The van der Waals surface area contributed by atoms with Gasteiger partial charge in [0.05, 0.1) is 0 Å². The summed E-state index contributed by atoms with van der Waals surface area (Å²) in [6.45, 7) is 13.2. The van der Waals surface area contributed by atoms with E-state index in [1.807, 2.05) is 31.2 Å². The molecule has 1 aliphatic rings. The van der Waals surface area contributed by atoms with Gasteiger partial charge in [-0.15, -0.1) is 0 Å². The van der Waals surface area contributed by atoms with Crippen molar-refractivity contribution < 1.29 is 19.1 Å². The Kier molecular flexibility index (Phi) is 10.7. The van der Waals surface area contributed by atoms with E-state index >= 15 is 0 Å². The van der Waals surface area contributed by atoms with Crippen LogP contribution in [-0.2, 0) is 14.3 Å². The number of thiol groups is 1. The normalized spacial score (nSPS) is 16.3. The highest BCUT2D eigenvalue weighted by Crippen LogP contribution is 2.34. The van der Waals surface area contributed by atoms with E-state index in [4.69, 9.17) is 4.74 Å². The third-order valence-corrected chi connectivity index (χ3v) is 6.36. The molecular weight excluding hydrogens is 462 g/mol. The molecule has 1 fully saturated rings. The number of ether oxygens (including phenoxy) is 1. The van der Waals surface area contributed by atoms with Crippen molar-refractivity contribution in [2.24, 2.45) is 0 Å². The van der Waals surface area contributed by atoms with Gasteiger partial charge in [-0.3, -0.25) is 9.59 Å². The first-order valence-corrected chi connectivity index (χ1v) is 13.1. The minimum Gasteiger partial charge on any atom is -0.444 e. The first kappa shape index (κ1) is 28.8. The van der Waals surface area contributed by atoms with Crippen molar-refractivity contribution in [1.29, 1.82) is 0 Å². The number of nitrogens with one attached hydrogen (secondary N) is 2. The molecule has 1 aromatic rings. The molecule has 1 aromatic carbocycles. The van der Waals surface area contributed by atoms with Gasteiger partial charge >= 0.3 is 6.09 Å². The highest BCUT2D eigenvalue weighted by Gasteiger charge is 2.42. The van der Waals surface area contributed by atoms with Gasteiger partial charge in [-0.1, -0.05) is 44.2 Å². The molecule has 2 N–H and O–H groups in total. The van der Waals surface area contributed by atoms with E-state index in [9.17, 15) is 14.4 Å². The monoisotopic (exact) mass is 503 g/mol. The summed E-state index contributed by atoms with van der Waals surface area (Å²) < 4.78 is 5.36. The molecule has 3 atom stereocenters. The van der Waals surface area contributed by atoms with Crippen LogP contribution in [0, 0.1) is 0 Å². The van der Waals surface area contributed by atoms with Crippen LogP contribution >= 0.6 is 12.6 Å². The maximum absolute atomic E-state index is 13.9. The molecule has 3 amide bonds. The van der Waals surface area contributed by atoms with Crippen molar-refractivity contribution >= 4 is 36.6 Å². The van der Waals surface area contributed by atoms with Crippen LogP contribution < -0.4 is 10.6 Å². The lowest BCUT2D eigenvalue weighted by Crippen LogP contribution is -2.58. The molecule has 7 nitrogen and oxygen atoms in total. The Balaban J connectivity index is 2.45. The summed E-state index contributed by atoms with van der Waals surface area (Å²) in [7, 11) is 0. The molecule has 194 valence electrons. The highest BCUT2D eigenvalue weighted by molar-refractivity contribution is 7.80. The van der Waals surface area contributed by atoms with E-state index in [0.717, 1.165) is 37.7 Å². The maximum atomic E-state index is 13.9. The fourth-order valence-corrected chi connectivity index (χ4v) is 4.37. The van der Waals surface area contributed by atoms with Gasteiger partial charge in [-0.05, 0) is 70.6 Å². The van der Waals surface area contributed by atoms with E-state index < -0.39 is 23.8 Å². The van der Waals surface area contributed by atoms with E-state index in [2.05, 4.69) is 36.8 Å². The molecule has 0 aliphatic heterocycles. The zero-order valence-corrected chi connectivity index (χ0v) is 22.6. The maximum Gasteiger partial charge on any atom is 0.408 e. The van der Waals surface area contributed by atoms with E-state index in [1.165, 1.54) is 0 Å². The molecule has 0 spiro atoms. The molecule has 0 saturated heterocycles. The molecule has 8 heteroatoms. The molecule has 0 heterocycles. The minimum atomic E-state index is -0.931. The third kappa shape index (κ3) is 8.30. The second-order valence-corrected chi connectivity index (χ2v) is 10.6. The first-order chi connectivity index (χ1) is 16.5. The number of rotatable bonds is 11. The number of benzene rings is 1. The lowest BCUT2D eigenvalue weighted by Gasteiger charge is -2.43. The fourth-order valence-electron chi connectivity index (χ4n) is 4.12. The van der Waals surface area contributed by atoms with Gasteiger partial charge in [0.1, 0.15) is 17.7 Å². The first-order valence-electron chi connectivity index (χ1n) is 12.5. The summed E-state index contributed by atoms with van der Waals surface area (Å²) in [4.78, 5) is 41.7. The lowest BCUT2D eigenvalue weighted by molar-refractivity contribution is -0.147. The van der Waals surface area contributed by atoms with Gasteiger partial charge in [-0.25, -0.2) is 4.79 Å². The van der Waals surface area contributed by atoms with Crippen LogP contribution in [0.2, 0.25) is 0 Å². The van der Waals surface area contributed by atoms with Gasteiger partial charge in [0.15, 0.2) is 0 Å². The van der Waals surface area contributed by atoms with Gasteiger partial charge < -0.3 is 20.3 Å². The Bertz CT molecular complexity index is 895. The Hall–Kier alpha value is -2.48. The van der Waals surface area contributed by atoms with Crippen LogP contribution in [-0.4, -0.2) is 52.3 Å². The number of hydrogen-bond acceptors (Lipinski definition) is 5. The SMILES string of the molecule is C=Cc1cccc(C(C(=O)NC(C)CCC)N(C(=O)C(CS)NC(=O)OC(C)(C)C)C2CCC2)c1. The molecule has 0 bridgehead atoms.